The lowest BCUT2D eigenvalue weighted by Crippen LogP contribution is -1.98. The Labute approximate surface area is 92.6 Å². The second-order valence-electron chi connectivity index (χ2n) is 3.67. The van der Waals surface area contributed by atoms with Crippen LogP contribution in [0.1, 0.15) is 18.5 Å². The highest BCUT2D eigenvalue weighted by molar-refractivity contribution is 5.52. The predicted octanol–water partition coefficient (Wildman–Crippen LogP) is 2.58. The monoisotopic (exact) mass is 221 g/mol. The maximum Gasteiger partial charge on any atom is 0.226 e. The lowest BCUT2D eigenvalue weighted by molar-refractivity contribution is 0.271. The van der Waals surface area contributed by atoms with Gasteiger partial charge in [-0.2, -0.15) is 0 Å². The molecule has 0 spiro atoms. The first kappa shape index (κ1) is 10.8. The van der Waals surface area contributed by atoms with E-state index in [0.29, 0.717) is 11.6 Å². The van der Waals surface area contributed by atoms with E-state index in [4.69, 9.17) is 9.52 Å². The van der Waals surface area contributed by atoms with Gasteiger partial charge in [-0.1, -0.05) is 6.92 Å². The predicted molar refractivity (Wildman–Crippen MR) is 57.4 cm³/mol. The lowest BCUT2D eigenvalue weighted by Gasteiger charge is -2.00. The normalized spacial score (nSPS) is 12.7. The molecule has 0 aliphatic rings. The van der Waals surface area contributed by atoms with E-state index in [1.165, 1.54) is 18.4 Å². The van der Waals surface area contributed by atoms with Crippen molar-refractivity contribution in [1.29, 1.82) is 0 Å². The molecule has 0 saturated heterocycles. The van der Waals surface area contributed by atoms with Crippen LogP contribution in [0.5, 0.6) is 0 Å². The van der Waals surface area contributed by atoms with Crippen LogP contribution in [0.3, 0.4) is 0 Å². The van der Waals surface area contributed by atoms with Crippen LogP contribution in [0.4, 0.5) is 4.39 Å². The minimum atomic E-state index is -0.292. The zero-order valence-corrected chi connectivity index (χ0v) is 8.85. The number of rotatable bonds is 3. The molecule has 0 amide bonds. The Morgan fingerprint density at radius 3 is 2.69 bits per heavy atom. The van der Waals surface area contributed by atoms with Crippen molar-refractivity contribution in [1.82, 2.24) is 4.98 Å². The molecule has 1 aromatic carbocycles. The second-order valence-corrected chi connectivity index (χ2v) is 3.67. The first-order valence-electron chi connectivity index (χ1n) is 5.03. The van der Waals surface area contributed by atoms with Gasteiger partial charge in [-0.25, -0.2) is 9.37 Å². The fraction of sp³-hybridized carbons (Fsp3) is 0.250. The Hall–Kier alpha value is -1.68. The van der Waals surface area contributed by atoms with Gasteiger partial charge in [0.1, 0.15) is 12.1 Å². The second kappa shape index (κ2) is 4.45. The average Bonchev–Trinajstić information content (AvgIpc) is 2.78. The van der Waals surface area contributed by atoms with E-state index in [9.17, 15) is 4.39 Å². The summed E-state index contributed by atoms with van der Waals surface area (Å²) in [5.41, 5.74) is 1.42. The molecule has 3 nitrogen and oxygen atoms in total. The number of hydrogen-bond acceptors (Lipinski definition) is 3. The molecular weight excluding hydrogens is 209 g/mol. The summed E-state index contributed by atoms with van der Waals surface area (Å²) in [6.07, 6.45) is 1.51. The Morgan fingerprint density at radius 1 is 1.38 bits per heavy atom. The first-order chi connectivity index (χ1) is 7.70. The van der Waals surface area contributed by atoms with Gasteiger partial charge in [0.25, 0.3) is 0 Å². The molecule has 0 bridgehead atoms. The summed E-state index contributed by atoms with van der Waals surface area (Å²) in [6, 6.07) is 5.92. The van der Waals surface area contributed by atoms with Crippen molar-refractivity contribution in [2.45, 2.75) is 12.8 Å². The average molecular weight is 221 g/mol. The molecule has 16 heavy (non-hydrogen) atoms. The molecule has 2 rings (SSSR count). The van der Waals surface area contributed by atoms with Gasteiger partial charge in [0.15, 0.2) is 0 Å². The number of oxazole rings is 1. The van der Waals surface area contributed by atoms with Crippen molar-refractivity contribution < 1.29 is 13.9 Å². The van der Waals surface area contributed by atoms with E-state index in [1.54, 1.807) is 12.1 Å². The van der Waals surface area contributed by atoms with Crippen LogP contribution < -0.4 is 0 Å². The molecule has 0 fully saturated rings. The molecule has 0 aliphatic heterocycles. The molecule has 1 heterocycles. The molecule has 4 heteroatoms. The molecule has 0 radical (unpaired) electrons. The highest BCUT2D eigenvalue weighted by atomic mass is 19.1. The number of aliphatic hydroxyl groups excluding tert-OH is 1. The van der Waals surface area contributed by atoms with Gasteiger partial charge in [0.05, 0.1) is 12.3 Å². The van der Waals surface area contributed by atoms with Gasteiger partial charge in [-0.3, -0.25) is 0 Å². The quantitative estimate of drug-likeness (QED) is 0.866. The highest BCUT2D eigenvalue weighted by Crippen LogP contribution is 2.22. The van der Waals surface area contributed by atoms with Crippen LogP contribution in [0.15, 0.2) is 34.9 Å². The minimum absolute atomic E-state index is 0.0232. The summed E-state index contributed by atoms with van der Waals surface area (Å²) in [7, 11) is 0. The Bertz CT molecular complexity index is 464. The summed E-state index contributed by atoms with van der Waals surface area (Å²) in [4.78, 5) is 4.23. The molecule has 2 aromatic rings. The van der Waals surface area contributed by atoms with Gasteiger partial charge < -0.3 is 9.52 Å². The number of halogens is 1. The van der Waals surface area contributed by atoms with Crippen LogP contribution in [-0.4, -0.2) is 16.7 Å². The van der Waals surface area contributed by atoms with Crippen LogP contribution >= 0.6 is 0 Å². The third-order valence-corrected chi connectivity index (χ3v) is 2.39. The van der Waals surface area contributed by atoms with Gasteiger partial charge in [-0.05, 0) is 24.3 Å². The molecule has 1 N–H and O–H groups in total. The standard InChI is InChI=1S/C12H12FNO2/c1-8(6-15)11-7-16-12(14-11)9-2-4-10(13)5-3-9/h2-5,7-8,15H,6H2,1H3. The van der Waals surface area contributed by atoms with Gasteiger partial charge in [0.2, 0.25) is 5.89 Å². The summed E-state index contributed by atoms with van der Waals surface area (Å²) >= 11 is 0. The van der Waals surface area contributed by atoms with E-state index in [2.05, 4.69) is 4.98 Å². The maximum absolute atomic E-state index is 12.7. The van der Waals surface area contributed by atoms with Crippen LogP contribution in [-0.2, 0) is 0 Å². The van der Waals surface area contributed by atoms with Crippen molar-refractivity contribution >= 4 is 0 Å². The van der Waals surface area contributed by atoms with Gasteiger partial charge in [-0.15, -0.1) is 0 Å². The van der Waals surface area contributed by atoms with Crippen LogP contribution in [0, 0.1) is 5.82 Å². The Morgan fingerprint density at radius 2 is 2.06 bits per heavy atom. The third kappa shape index (κ3) is 2.12. The van der Waals surface area contributed by atoms with Gasteiger partial charge >= 0.3 is 0 Å². The number of benzene rings is 1. The number of hydrogen-bond donors (Lipinski definition) is 1. The molecule has 0 saturated carbocycles. The van der Waals surface area contributed by atoms with Crippen molar-refractivity contribution in [2.24, 2.45) is 0 Å². The summed E-state index contributed by atoms with van der Waals surface area (Å²) in [6.45, 7) is 1.88. The van der Waals surface area contributed by atoms with Gasteiger partial charge in [0, 0.05) is 11.5 Å². The van der Waals surface area contributed by atoms with Crippen molar-refractivity contribution in [3.8, 4) is 11.5 Å². The van der Waals surface area contributed by atoms with E-state index in [1.807, 2.05) is 6.92 Å². The van der Waals surface area contributed by atoms with E-state index < -0.39 is 0 Å². The molecule has 1 unspecified atom stereocenters. The van der Waals surface area contributed by atoms with E-state index in [-0.39, 0.29) is 18.3 Å². The van der Waals surface area contributed by atoms with Crippen molar-refractivity contribution in [2.75, 3.05) is 6.61 Å². The zero-order valence-electron chi connectivity index (χ0n) is 8.85. The largest absolute Gasteiger partial charge is 0.444 e. The highest BCUT2D eigenvalue weighted by Gasteiger charge is 2.11. The number of aliphatic hydroxyl groups is 1. The first-order valence-corrected chi connectivity index (χ1v) is 5.03. The Kier molecular flexibility index (Phi) is 3.01. The van der Waals surface area contributed by atoms with E-state index in [0.717, 1.165) is 5.56 Å². The van der Waals surface area contributed by atoms with Crippen molar-refractivity contribution in [3.05, 3.63) is 42.0 Å². The molecule has 84 valence electrons. The minimum Gasteiger partial charge on any atom is -0.444 e. The third-order valence-electron chi connectivity index (χ3n) is 2.39. The Balaban J connectivity index is 2.28. The fourth-order valence-corrected chi connectivity index (χ4v) is 1.33. The fourth-order valence-electron chi connectivity index (χ4n) is 1.33. The zero-order chi connectivity index (χ0) is 11.5. The molecule has 1 atom stereocenters. The number of nitrogens with zero attached hydrogens (tertiary/aromatic N) is 1. The van der Waals surface area contributed by atoms with E-state index >= 15 is 0 Å². The molecular formula is C12H12FNO2. The maximum atomic E-state index is 12.7. The SMILES string of the molecule is CC(CO)c1coc(-c2ccc(F)cc2)n1. The van der Waals surface area contributed by atoms with Crippen LogP contribution in [0.25, 0.3) is 11.5 Å². The summed E-state index contributed by atoms with van der Waals surface area (Å²) < 4.78 is 18.0. The lowest BCUT2D eigenvalue weighted by atomic mass is 10.1. The molecule has 0 aliphatic carbocycles. The topological polar surface area (TPSA) is 46.3 Å². The van der Waals surface area contributed by atoms with Crippen molar-refractivity contribution in [3.63, 3.8) is 0 Å². The smallest absolute Gasteiger partial charge is 0.226 e. The summed E-state index contributed by atoms with van der Waals surface area (Å²) in [5.74, 6) is 0.0903. The summed E-state index contributed by atoms with van der Waals surface area (Å²) in [5, 5.41) is 8.97. The van der Waals surface area contributed by atoms with Crippen LogP contribution in [0.2, 0.25) is 0 Å². The number of aromatic nitrogens is 1. The molecule has 1 aromatic heterocycles.